The number of nitrogens with one attached hydrogen (secondary N) is 1. The van der Waals surface area contributed by atoms with Gasteiger partial charge in [-0.15, -0.1) is 0 Å². The van der Waals surface area contributed by atoms with E-state index in [1.165, 1.54) is 32.1 Å². The molecule has 0 saturated heterocycles. The molecule has 0 aromatic carbocycles. The molecule has 1 aromatic rings. The smallest absolute Gasteiger partial charge is 0.227 e. The van der Waals surface area contributed by atoms with E-state index in [-0.39, 0.29) is 18.6 Å². The Balaban J connectivity index is 1.46. The van der Waals surface area contributed by atoms with Gasteiger partial charge in [-0.25, -0.2) is 0 Å². The van der Waals surface area contributed by atoms with Crippen molar-refractivity contribution in [3.05, 3.63) is 11.7 Å². The topological polar surface area (TPSA) is 88.2 Å². The van der Waals surface area contributed by atoms with Crippen LogP contribution in [0.4, 0.5) is 0 Å². The van der Waals surface area contributed by atoms with Crippen LogP contribution in [0.15, 0.2) is 4.52 Å². The van der Waals surface area contributed by atoms with Crippen molar-refractivity contribution in [1.29, 1.82) is 0 Å². The van der Waals surface area contributed by atoms with Gasteiger partial charge in [0.2, 0.25) is 11.8 Å². The van der Waals surface area contributed by atoms with E-state index in [9.17, 15) is 9.90 Å². The van der Waals surface area contributed by atoms with Crippen LogP contribution in [0.1, 0.15) is 88.3 Å². The molecule has 2 fully saturated rings. The molecule has 1 amide bonds. The summed E-state index contributed by atoms with van der Waals surface area (Å²) in [6, 6.07) is 0.0922. The first kappa shape index (κ1) is 18.4. The number of amides is 1. The van der Waals surface area contributed by atoms with E-state index in [4.69, 9.17) is 4.52 Å². The second kappa shape index (κ2) is 9.32. The highest BCUT2D eigenvalue weighted by Gasteiger charge is 2.25. The van der Waals surface area contributed by atoms with Crippen LogP contribution >= 0.6 is 0 Å². The van der Waals surface area contributed by atoms with Crippen LogP contribution in [0.25, 0.3) is 0 Å². The molecule has 0 aliphatic heterocycles. The minimum absolute atomic E-state index is 0.0182. The van der Waals surface area contributed by atoms with Crippen molar-refractivity contribution in [2.45, 2.75) is 89.0 Å². The third-order valence-electron chi connectivity index (χ3n) is 5.78. The number of nitrogens with zero attached hydrogens (tertiary/aromatic N) is 2. The number of hydrogen-bond acceptors (Lipinski definition) is 5. The zero-order valence-corrected chi connectivity index (χ0v) is 15.1. The number of aryl methyl sites for hydroxylation is 1. The molecule has 2 aliphatic rings. The van der Waals surface area contributed by atoms with Crippen molar-refractivity contribution in [2.75, 3.05) is 6.61 Å². The first-order valence-corrected chi connectivity index (χ1v) is 9.99. The number of aromatic nitrogens is 2. The predicted octanol–water partition coefficient (Wildman–Crippen LogP) is 3.11. The third-order valence-corrected chi connectivity index (χ3v) is 5.78. The lowest BCUT2D eigenvalue weighted by Crippen LogP contribution is -2.41. The normalized spacial score (nSPS) is 20.7. The minimum atomic E-state index is 0.0182. The molecule has 1 atom stereocenters. The van der Waals surface area contributed by atoms with Gasteiger partial charge in [-0.3, -0.25) is 4.79 Å². The Labute approximate surface area is 149 Å². The lowest BCUT2D eigenvalue weighted by molar-refractivity contribution is -0.122. The van der Waals surface area contributed by atoms with Crippen LogP contribution in [-0.4, -0.2) is 33.8 Å². The first-order valence-electron chi connectivity index (χ1n) is 9.99. The molecule has 6 nitrogen and oxygen atoms in total. The summed E-state index contributed by atoms with van der Waals surface area (Å²) in [4.78, 5) is 16.8. The van der Waals surface area contributed by atoms with Crippen molar-refractivity contribution in [3.8, 4) is 0 Å². The van der Waals surface area contributed by atoms with Crippen molar-refractivity contribution in [2.24, 2.45) is 5.92 Å². The number of carbonyl (C=O) groups is 1. The molecule has 0 radical (unpaired) electrons. The van der Waals surface area contributed by atoms with Gasteiger partial charge in [-0.05, 0) is 38.0 Å². The fraction of sp³-hybridized carbons (Fsp3) is 0.842. The van der Waals surface area contributed by atoms with E-state index >= 15 is 0 Å². The zero-order valence-electron chi connectivity index (χ0n) is 15.1. The van der Waals surface area contributed by atoms with Crippen molar-refractivity contribution < 1.29 is 14.4 Å². The summed E-state index contributed by atoms with van der Waals surface area (Å²) >= 11 is 0. The highest BCUT2D eigenvalue weighted by molar-refractivity contribution is 5.76. The van der Waals surface area contributed by atoms with Crippen LogP contribution < -0.4 is 5.32 Å². The molecule has 1 aromatic heterocycles. The monoisotopic (exact) mass is 349 g/mol. The van der Waals surface area contributed by atoms with Crippen LogP contribution in [0.2, 0.25) is 0 Å². The van der Waals surface area contributed by atoms with Crippen molar-refractivity contribution >= 4 is 5.91 Å². The number of aliphatic hydroxyl groups is 1. The van der Waals surface area contributed by atoms with Crippen molar-refractivity contribution in [3.63, 3.8) is 0 Å². The predicted molar refractivity (Wildman–Crippen MR) is 94.0 cm³/mol. The average Bonchev–Trinajstić information content (AvgIpc) is 3.32. The van der Waals surface area contributed by atoms with Gasteiger partial charge in [0.1, 0.15) is 0 Å². The molecule has 2 saturated carbocycles. The molecular formula is C19H31N3O3. The summed E-state index contributed by atoms with van der Waals surface area (Å²) in [5.74, 6) is 2.33. The summed E-state index contributed by atoms with van der Waals surface area (Å²) < 4.78 is 5.32. The largest absolute Gasteiger partial charge is 0.396 e. The summed E-state index contributed by atoms with van der Waals surface area (Å²) in [5.41, 5.74) is 0. The summed E-state index contributed by atoms with van der Waals surface area (Å²) in [5, 5.41) is 16.5. The van der Waals surface area contributed by atoms with Crippen LogP contribution in [-0.2, 0) is 11.2 Å². The van der Waals surface area contributed by atoms with Crippen molar-refractivity contribution in [1.82, 2.24) is 15.5 Å². The minimum Gasteiger partial charge on any atom is -0.396 e. The molecule has 6 heteroatoms. The van der Waals surface area contributed by atoms with Gasteiger partial charge in [0, 0.05) is 31.4 Å². The Bertz CT molecular complexity index is 534. The Morgan fingerprint density at radius 1 is 1.16 bits per heavy atom. The third kappa shape index (κ3) is 5.27. The summed E-state index contributed by atoms with van der Waals surface area (Å²) in [6.07, 6.45) is 12.3. The maximum absolute atomic E-state index is 12.3. The Morgan fingerprint density at radius 2 is 1.88 bits per heavy atom. The average molecular weight is 349 g/mol. The zero-order chi connectivity index (χ0) is 17.5. The van der Waals surface area contributed by atoms with Gasteiger partial charge in [-0.1, -0.05) is 37.3 Å². The summed E-state index contributed by atoms with van der Waals surface area (Å²) in [6.45, 7) is 0.121. The van der Waals surface area contributed by atoms with Gasteiger partial charge in [0.05, 0.1) is 0 Å². The number of aliphatic hydroxyl groups excluding tert-OH is 1. The molecule has 3 rings (SSSR count). The van der Waals surface area contributed by atoms with Crippen LogP contribution in [0.5, 0.6) is 0 Å². The molecule has 25 heavy (non-hydrogen) atoms. The Kier molecular flexibility index (Phi) is 6.84. The van der Waals surface area contributed by atoms with Gasteiger partial charge >= 0.3 is 0 Å². The number of carbonyl (C=O) groups excluding carboxylic acids is 1. The molecular weight excluding hydrogens is 318 g/mol. The Morgan fingerprint density at radius 3 is 2.60 bits per heavy atom. The van der Waals surface area contributed by atoms with Crippen LogP contribution in [0.3, 0.4) is 0 Å². The standard InChI is InChI=1S/C19H31N3O3/c23-13-12-16(14-6-2-1-3-7-14)20-17(24)10-11-18-21-19(22-25-18)15-8-4-5-9-15/h14-16,23H,1-13H2,(H,20,24). The van der Waals surface area contributed by atoms with E-state index in [2.05, 4.69) is 15.5 Å². The van der Waals surface area contributed by atoms with Gasteiger partial charge in [-0.2, -0.15) is 4.98 Å². The van der Waals surface area contributed by atoms with E-state index < -0.39 is 0 Å². The highest BCUT2D eigenvalue weighted by Crippen LogP contribution is 2.32. The molecule has 0 spiro atoms. The van der Waals surface area contributed by atoms with Gasteiger partial charge < -0.3 is 14.9 Å². The summed E-state index contributed by atoms with van der Waals surface area (Å²) in [7, 11) is 0. The van der Waals surface area contributed by atoms with E-state index in [0.717, 1.165) is 31.5 Å². The fourth-order valence-electron chi connectivity index (χ4n) is 4.32. The highest BCUT2D eigenvalue weighted by atomic mass is 16.5. The van der Waals surface area contributed by atoms with E-state index in [0.29, 0.717) is 37.0 Å². The molecule has 2 N–H and O–H groups in total. The van der Waals surface area contributed by atoms with E-state index in [1.54, 1.807) is 0 Å². The maximum Gasteiger partial charge on any atom is 0.227 e. The second-order valence-electron chi connectivity index (χ2n) is 7.61. The van der Waals surface area contributed by atoms with Gasteiger partial charge in [0.15, 0.2) is 5.82 Å². The SMILES string of the molecule is O=C(CCc1nc(C2CCCC2)no1)NC(CCO)C1CCCCC1. The quantitative estimate of drug-likeness (QED) is 0.753. The molecule has 1 unspecified atom stereocenters. The number of hydrogen-bond donors (Lipinski definition) is 2. The second-order valence-corrected chi connectivity index (χ2v) is 7.61. The Hall–Kier alpha value is -1.43. The molecule has 140 valence electrons. The molecule has 1 heterocycles. The van der Waals surface area contributed by atoms with Gasteiger partial charge in [0.25, 0.3) is 0 Å². The molecule has 0 bridgehead atoms. The molecule has 2 aliphatic carbocycles. The lowest BCUT2D eigenvalue weighted by Gasteiger charge is -2.30. The lowest BCUT2D eigenvalue weighted by atomic mass is 9.82. The fourth-order valence-corrected chi connectivity index (χ4v) is 4.32. The van der Waals surface area contributed by atoms with E-state index in [1.807, 2.05) is 0 Å². The van der Waals surface area contributed by atoms with Crippen LogP contribution in [0, 0.1) is 5.92 Å². The maximum atomic E-state index is 12.3. The first-order chi connectivity index (χ1) is 12.3. The number of rotatable bonds is 8.